The minimum absolute atomic E-state index is 0.179. The fourth-order valence-corrected chi connectivity index (χ4v) is 4.44. The first kappa shape index (κ1) is 22.0. The van der Waals surface area contributed by atoms with Crippen molar-refractivity contribution in [1.29, 1.82) is 0 Å². The van der Waals surface area contributed by atoms with E-state index in [2.05, 4.69) is 10.6 Å². The minimum Gasteiger partial charge on any atom is -0.497 e. The summed E-state index contributed by atoms with van der Waals surface area (Å²) in [5.41, 5.74) is 2.25. The molecule has 2 aliphatic rings. The second kappa shape index (κ2) is 9.84. The molecular formula is C22H32N3O5+. The van der Waals surface area contributed by atoms with Gasteiger partial charge in [0.05, 0.1) is 50.2 Å². The number of benzene rings is 1. The van der Waals surface area contributed by atoms with Gasteiger partial charge in [0.25, 0.3) is 0 Å². The van der Waals surface area contributed by atoms with E-state index >= 15 is 0 Å². The van der Waals surface area contributed by atoms with E-state index in [-0.39, 0.29) is 24.1 Å². The summed E-state index contributed by atoms with van der Waals surface area (Å²) in [7, 11) is 3.32. The van der Waals surface area contributed by atoms with Crippen molar-refractivity contribution in [3.63, 3.8) is 0 Å². The number of hydrogen-bond acceptors (Lipinski definition) is 5. The highest BCUT2D eigenvalue weighted by Crippen LogP contribution is 2.32. The maximum Gasteiger partial charge on any atom is 0.338 e. The smallest absolute Gasteiger partial charge is 0.338 e. The molecule has 0 aromatic heterocycles. The monoisotopic (exact) mass is 418 g/mol. The van der Waals surface area contributed by atoms with Crippen LogP contribution in [0.3, 0.4) is 0 Å². The molecule has 8 nitrogen and oxygen atoms in total. The molecule has 164 valence electrons. The fraction of sp³-hybridized carbons (Fsp3) is 0.545. The molecule has 2 aliphatic heterocycles. The van der Waals surface area contributed by atoms with Gasteiger partial charge in [0.15, 0.2) is 0 Å². The molecule has 3 rings (SSSR count). The Hall–Kier alpha value is -2.74. The number of carbonyl (C=O) groups excluding carboxylic acids is 2. The number of ether oxygens (including phenoxy) is 3. The number of likely N-dealkylation sites (tertiary alicyclic amines) is 1. The third-order valence-electron chi connectivity index (χ3n) is 5.85. The number of hydrogen-bond donors (Lipinski definition) is 3. The van der Waals surface area contributed by atoms with Gasteiger partial charge in [-0.05, 0) is 31.5 Å². The van der Waals surface area contributed by atoms with Gasteiger partial charge in [-0.25, -0.2) is 9.59 Å². The minimum atomic E-state index is -0.374. The number of nitrogens with one attached hydrogen (secondary N) is 3. The zero-order chi connectivity index (χ0) is 21.7. The predicted octanol–water partition coefficient (Wildman–Crippen LogP) is 1.33. The molecule has 8 heteroatoms. The third kappa shape index (κ3) is 4.53. The Balaban J connectivity index is 1.94. The lowest BCUT2D eigenvalue weighted by Gasteiger charge is -2.31. The first-order valence-electron chi connectivity index (χ1n) is 10.6. The van der Waals surface area contributed by atoms with Crippen molar-refractivity contribution in [1.82, 2.24) is 10.6 Å². The van der Waals surface area contributed by atoms with Gasteiger partial charge in [0.1, 0.15) is 24.1 Å². The highest BCUT2D eigenvalue weighted by atomic mass is 16.5. The molecule has 2 amide bonds. The largest absolute Gasteiger partial charge is 0.497 e. The number of amides is 2. The summed E-state index contributed by atoms with van der Waals surface area (Å²) in [6.45, 7) is 5.48. The number of rotatable bonds is 8. The maximum atomic E-state index is 12.7. The molecule has 0 bridgehead atoms. The molecule has 3 N–H and O–H groups in total. The second-order valence-corrected chi connectivity index (χ2v) is 7.56. The van der Waals surface area contributed by atoms with Gasteiger partial charge >= 0.3 is 12.0 Å². The van der Waals surface area contributed by atoms with Crippen LogP contribution in [0.4, 0.5) is 4.79 Å². The fourth-order valence-electron chi connectivity index (χ4n) is 4.44. The summed E-state index contributed by atoms with van der Waals surface area (Å²) in [6.07, 6.45) is 2.66. The summed E-state index contributed by atoms with van der Waals surface area (Å²) in [6, 6.07) is 5.38. The van der Waals surface area contributed by atoms with Crippen molar-refractivity contribution in [3.8, 4) is 11.5 Å². The van der Waals surface area contributed by atoms with Crippen LogP contribution in [0.5, 0.6) is 11.5 Å². The molecule has 30 heavy (non-hydrogen) atoms. The number of carbonyl (C=O) groups is 2. The van der Waals surface area contributed by atoms with E-state index in [1.165, 1.54) is 4.90 Å². The quantitative estimate of drug-likeness (QED) is 0.554. The number of quaternary nitrogens is 1. The Morgan fingerprint density at radius 1 is 1.23 bits per heavy atom. The Morgan fingerprint density at radius 3 is 2.70 bits per heavy atom. The Morgan fingerprint density at radius 2 is 2.03 bits per heavy atom. The van der Waals surface area contributed by atoms with Crippen LogP contribution in [0.2, 0.25) is 0 Å². The highest BCUT2D eigenvalue weighted by Gasteiger charge is 2.37. The molecule has 0 saturated carbocycles. The molecule has 1 aromatic rings. The van der Waals surface area contributed by atoms with Crippen molar-refractivity contribution < 1.29 is 28.7 Å². The predicted molar refractivity (Wildman–Crippen MR) is 112 cm³/mol. The number of methoxy groups -OCH3 is 2. The summed E-state index contributed by atoms with van der Waals surface area (Å²) in [5.74, 6) is 1.23. The van der Waals surface area contributed by atoms with E-state index in [4.69, 9.17) is 14.2 Å². The van der Waals surface area contributed by atoms with Gasteiger partial charge in [0.2, 0.25) is 0 Å². The van der Waals surface area contributed by atoms with Crippen molar-refractivity contribution in [2.75, 3.05) is 33.9 Å². The van der Waals surface area contributed by atoms with Crippen LogP contribution in [0.25, 0.3) is 0 Å². The zero-order valence-electron chi connectivity index (χ0n) is 18.2. The van der Waals surface area contributed by atoms with E-state index in [1.54, 1.807) is 21.1 Å². The highest BCUT2D eigenvalue weighted by molar-refractivity contribution is 5.94. The molecule has 0 aliphatic carbocycles. The van der Waals surface area contributed by atoms with E-state index in [1.807, 2.05) is 25.1 Å². The summed E-state index contributed by atoms with van der Waals surface area (Å²) < 4.78 is 16.3. The molecule has 1 saturated heterocycles. The molecule has 0 radical (unpaired) electrons. The molecule has 2 heterocycles. The van der Waals surface area contributed by atoms with E-state index in [0.29, 0.717) is 30.8 Å². The van der Waals surface area contributed by atoms with Crippen molar-refractivity contribution in [3.05, 3.63) is 35.0 Å². The van der Waals surface area contributed by atoms with E-state index in [0.717, 1.165) is 36.4 Å². The summed E-state index contributed by atoms with van der Waals surface area (Å²) >= 11 is 0. The molecule has 0 spiro atoms. The number of esters is 1. The van der Waals surface area contributed by atoms with Crippen LogP contribution >= 0.6 is 0 Å². The van der Waals surface area contributed by atoms with Crippen molar-refractivity contribution >= 4 is 12.0 Å². The standard InChI is InChI=1S/C22H31N3O5/c1-5-16-20(21(26)30-6-2)17(24-22(27)23-16)13-25-11-7-8-18(25)15-12-14(28-3)9-10-19(15)29-4/h9-10,12,16,18H,5-8,11,13H2,1-4H3,(H2,23,24,27)/p+1/t16-,18-/m1/s1. The van der Waals surface area contributed by atoms with Gasteiger partial charge in [-0.1, -0.05) is 6.92 Å². The molecular weight excluding hydrogens is 386 g/mol. The lowest BCUT2D eigenvalue weighted by atomic mass is 9.99. The average molecular weight is 419 g/mol. The van der Waals surface area contributed by atoms with Crippen LogP contribution in [0.1, 0.15) is 44.7 Å². The molecule has 1 unspecified atom stereocenters. The Labute approximate surface area is 177 Å². The topological polar surface area (TPSA) is 90.3 Å². The van der Waals surface area contributed by atoms with Gasteiger partial charge in [0, 0.05) is 12.8 Å². The van der Waals surface area contributed by atoms with Gasteiger partial charge in [-0.15, -0.1) is 0 Å². The summed E-state index contributed by atoms with van der Waals surface area (Å²) in [5, 5.41) is 5.70. The maximum absolute atomic E-state index is 12.7. The zero-order valence-corrected chi connectivity index (χ0v) is 18.2. The van der Waals surface area contributed by atoms with Crippen LogP contribution in [0.15, 0.2) is 29.5 Å². The van der Waals surface area contributed by atoms with Crippen LogP contribution < -0.4 is 25.0 Å². The second-order valence-electron chi connectivity index (χ2n) is 7.56. The Kier molecular flexibility index (Phi) is 7.20. The van der Waals surface area contributed by atoms with Crippen molar-refractivity contribution in [2.45, 2.75) is 45.2 Å². The van der Waals surface area contributed by atoms with Crippen LogP contribution in [-0.4, -0.2) is 52.0 Å². The molecule has 1 fully saturated rings. The first-order valence-corrected chi connectivity index (χ1v) is 10.6. The van der Waals surface area contributed by atoms with E-state index < -0.39 is 0 Å². The summed E-state index contributed by atoms with van der Waals surface area (Å²) in [4.78, 5) is 26.2. The van der Waals surface area contributed by atoms with Gasteiger partial charge in [-0.2, -0.15) is 0 Å². The average Bonchev–Trinajstić information content (AvgIpc) is 3.20. The normalized spacial score (nSPS) is 23.6. The lowest BCUT2D eigenvalue weighted by molar-refractivity contribution is -0.914. The lowest BCUT2D eigenvalue weighted by Crippen LogP contribution is -3.10. The van der Waals surface area contributed by atoms with E-state index in [9.17, 15) is 9.59 Å². The SMILES string of the molecule is CCOC(=O)C1=C(C[NH+]2CCC[C@@H]2c2cc(OC)ccc2OC)NC(=O)N[C@@H]1CC. The number of urea groups is 1. The van der Waals surface area contributed by atoms with Crippen LogP contribution in [-0.2, 0) is 9.53 Å². The van der Waals surface area contributed by atoms with Gasteiger partial charge in [-0.3, -0.25) is 0 Å². The first-order chi connectivity index (χ1) is 14.5. The van der Waals surface area contributed by atoms with Crippen molar-refractivity contribution in [2.24, 2.45) is 0 Å². The molecule has 1 aromatic carbocycles. The molecule has 3 atom stereocenters. The third-order valence-corrected chi connectivity index (χ3v) is 5.85. The van der Waals surface area contributed by atoms with Crippen LogP contribution in [0, 0.1) is 0 Å². The Bertz CT molecular complexity index is 823. The van der Waals surface area contributed by atoms with Gasteiger partial charge < -0.3 is 29.7 Å².